The van der Waals surface area contributed by atoms with Gasteiger partial charge in [-0.25, -0.2) is 4.79 Å². The van der Waals surface area contributed by atoms with Gasteiger partial charge in [0.2, 0.25) is 0 Å². The number of likely N-dealkylation sites (tertiary alicyclic amines) is 1. The highest BCUT2D eigenvalue weighted by molar-refractivity contribution is 5.98. The molecule has 2 aromatic rings. The van der Waals surface area contributed by atoms with Gasteiger partial charge in [0.25, 0.3) is 0 Å². The van der Waals surface area contributed by atoms with E-state index in [9.17, 15) is 9.59 Å². The maximum atomic E-state index is 12.7. The Bertz CT molecular complexity index is 892. The Labute approximate surface area is 185 Å². The molecule has 0 aliphatic carbocycles. The van der Waals surface area contributed by atoms with Crippen molar-refractivity contribution in [2.45, 2.75) is 59.3 Å². The molecular weight excluding hydrogens is 388 g/mol. The summed E-state index contributed by atoms with van der Waals surface area (Å²) in [7, 11) is 0. The summed E-state index contributed by atoms with van der Waals surface area (Å²) in [6.07, 6.45) is 1.42. The van der Waals surface area contributed by atoms with Crippen molar-refractivity contribution in [1.29, 1.82) is 0 Å². The molecule has 1 heterocycles. The Kier molecular flexibility index (Phi) is 7.50. The van der Waals surface area contributed by atoms with Crippen molar-refractivity contribution in [2.75, 3.05) is 13.1 Å². The van der Waals surface area contributed by atoms with Crippen molar-refractivity contribution < 1.29 is 14.3 Å². The van der Waals surface area contributed by atoms with Crippen molar-refractivity contribution in [3.8, 4) is 0 Å². The van der Waals surface area contributed by atoms with E-state index in [1.165, 1.54) is 0 Å². The topological polar surface area (TPSA) is 58.6 Å². The summed E-state index contributed by atoms with van der Waals surface area (Å²) in [5.41, 5.74) is 3.88. The van der Waals surface area contributed by atoms with Crippen LogP contribution in [-0.2, 0) is 17.9 Å². The highest BCUT2D eigenvalue weighted by atomic mass is 16.5. The number of Topliss-reactive ketones (excluding diaryl/α,β-unsaturated/α-hetero) is 1. The van der Waals surface area contributed by atoms with E-state index in [2.05, 4.69) is 11.4 Å². The van der Waals surface area contributed by atoms with Crippen LogP contribution in [0.4, 0.5) is 4.79 Å². The molecule has 0 bridgehead atoms. The van der Waals surface area contributed by atoms with Gasteiger partial charge in [-0.15, -0.1) is 0 Å². The minimum Gasteiger partial charge on any atom is -0.371 e. The van der Waals surface area contributed by atoms with Crippen LogP contribution in [0.2, 0.25) is 0 Å². The highest BCUT2D eigenvalue weighted by Crippen LogP contribution is 2.22. The van der Waals surface area contributed by atoms with Crippen LogP contribution in [0, 0.1) is 12.8 Å². The van der Waals surface area contributed by atoms with Gasteiger partial charge >= 0.3 is 6.03 Å². The first-order valence-corrected chi connectivity index (χ1v) is 11.1. The minimum atomic E-state index is -0.183. The number of rotatable bonds is 6. The predicted molar refractivity (Wildman–Crippen MR) is 123 cm³/mol. The molecule has 0 unspecified atom stereocenters. The Morgan fingerprint density at radius 2 is 1.68 bits per heavy atom. The Balaban J connectivity index is 1.46. The van der Waals surface area contributed by atoms with Crippen LogP contribution >= 0.6 is 0 Å². The number of piperidine rings is 1. The van der Waals surface area contributed by atoms with Gasteiger partial charge in [0.15, 0.2) is 5.78 Å². The SMILES string of the molecule is Cc1ccc(C(=O)C2CCN(C(=O)NCc3cccc(COC(C)(C)C)c3)CC2)cc1. The minimum absolute atomic E-state index is 0.00810. The lowest BCUT2D eigenvalue weighted by molar-refractivity contribution is -0.0149. The lowest BCUT2D eigenvalue weighted by Gasteiger charge is -2.31. The number of hydrogen-bond donors (Lipinski definition) is 1. The molecule has 1 fully saturated rings. The molecule has 1 aliphatic rings. The Hall–Kier alpha value is -2.66. The van der Waals surface area contributed by atoms with Gasteiger partial charge in [-0.1, -0.05) is 54.1 Å². The fourth-order valence-corrected chi connectivity index (χ4v) is 3.72. The number of urea groups is 1. The second-order valence-electron chi connectivity index (χ2n) is 9.37. The molecule has 1 N–H and O–H groups in total. The van der Waals surface area contributed by atoms with Crippen molar-refractivity contribution in [2.24, 2.45) is 5.92 Å². The van der Waals surface area contributed by atoms with Crippen molar-refractivity contribution >= 4 is 11.8 Å². The number of ketones is 1. The van der Waals surface area contributed by atoms with E-state index < -0.39 is 0 Å². The third-order valence-corrected chi connectivity index (χ3v) is 5.60. The van der Waals surface area contributed by atoms with Gasteiger partial charge in [0.1, 0.15) is 0 Å². The van der Waals surface area contributed by atoms with Crippen LogP contribution < -0.4 is 5.32 Å². The smallest absolute Gasteiger partial charge is 0.317 e. The Morgan fingerprint density at radius 1 is 1.03 bits per heavy atom. The standard InChI is InChI=1S/C26H34N2O3/c1-19-8-10-22(11-9-19)24(29)23-12-14-28(15-13-23)25(30)27-17-20-6-5-7-21(16-20)18-31-26(2,3)4/h5-11,16,23H,12-15,17-18H2,1-4H3,(H,27,30). The molecule has 5 heteroatoms. The van der Waals surface area contributed by atoms with Crippen molar-refractivity contribution in [3.05, 3.63) is 70.8 Å². The number of amides is 2. The highest BCUT2D eigenvalue weighted by Gasteiger charge is 2.27. The van der Waals surface area contributed by atoms with Crippen LogP contribution in [0.1, 0.15) is 60.7 Å². The fourth-order valence-electron chi connectivity index (χ4n) is 3.72. The molecule has 166 valence electrons. The second kappa shape index (κ2) is 10.1. The summed E-state index contributed by atoms with van der Waals surface area (Å²) in [6, 6.07) is 15.8. The molecule has 0 aromatic heterocycles. The zero-order valence-electron chi connectivity index (χ0n) is 19.1. The molecule has 0 radical (unpaired) electrons. The number of carbonyl (C=O) groups is 2. The summed E-state index contributed by atoms with van der Waals surface area (Å²) >= 11 is 0. The number of nitrogens with zero attached hydrogens (tertiary/aromatic N) is 1. The summed E-state index contributed by atoms with van der Waals surface area (Å²) < 4.78 is 5.84. The number of benzene rings is 2. The molecule has 0 atom stereocenters. The summed E-state index contributed by atoms with van der Waals surface area (Å²) in [5.74, 6) is 0.181. The van der Waals surface area contributed by atoms with E-state index in [-0.39, 0.29) is 23.3 Å². The van der Waals surface area contributed by atoms with Gasteiger partial charge < -0.3 is 15.0 Å². The van der Waals surface area contributed by atoms with Gasteiger partial charge in [-0.3, -0.25) is 4.79 Å². The quantitative estimate of drug-likeness (QED) is 0.658. The number of nitrogens with one attached hydrogen (secondary N) is 1. The molecule has 5 nitrogen and oxygen atoms in total. The molecule has 0 saturated carbocycles. The summed E-state index contributed by atoms with van der Waals surface area (Å²) in [6.45, 7) is 10.4. The average Bonchev–Trinajstić information content (AvgIpc) is 2.76. The maximum Gasteiger partial charge on any atom is 0.317 e. The van der Waals surface area contributed by atoms with E-state index >= 15 is 0 Å². The third kappa shape index (κ3) is 6.93. The lowest BCUT2D eigenvalue weighted by atomic mass is 9.89. The molecule has 0 spiro atoms. The lowest BCUT2D eigenvalue weighted by Crippen LogP contribution is -2.45. The van der Waals surface area contributed by atoms with Crippen LogP contribution in [0.25, 0.3) is 0 Å². The van der Waals surface area contributed by atoms with E-state index in [1.807, 2.05) is 75.1 Å². The van der Waals surface area contributed by atoms with E-state index in [1.54, 1.807) is 0 Å². The molecule has 2 aromatic carbocycles. The third-order valence-electron chi connectivity index (χ3n) is 5.60. The van der Waals surface area contributed by atoms with Gasteiger partial charge in [0.05, 0.1) is 12.2 Å². The monoisotopic (exact) mass is 422 g/mol. The predicted octanol–water partition coefficient (Wildman–Crippen LogP) is 5.11. The first-order valence-electron chi connectivity index (χ1n) is 11.1. The maximum absolute atomic E-state index is 12.7. The normalized spacial score (nSPS) is 15.0. The van der Waals surface area contributed by atoms with Gasteiger partial charge in [-0.05, 0) is 51.7 Å². The molecule has 31 heavy (non-hydrogen) atoms. The molecule has 1 saturated heterocycles. The summed E-state index contributed by atoms with van der Waals surface area (Å²) in [5, 5.41) is 3.01. The van der Waals surface area contributed by atoms with E-state index in [4.69, 9.17) is 4.74 Å². The number of aryl methyl sites for hydroxylation is 1. The first kappa shape index (κ1) is 23.0. The molecule has 3 rings (SSSR count). The zero-order valence-corrected chi connectivity index (χ0v) is 19.1. The van der Waals surface area contributed by atoms with Gasteiger partial charge in [0, 0.05) is 31.1 Å². The van der Waals surface area contributed by atoms with Crippen LogP contribution in [-0.4, -0.2) is 35.4 Å². The first-order chi connectivity index (χ1) is 14.7. The van der Waals surface area contributed by atoms with Crippen molar-refractivity contribution in [3.63, 3.8) is 0 Å². The van der Waals surface area contributed by atoms with Crippen LogP contribution in [0.15, 0.2) is 48.5 Å². The Morgan fingerprint density at radius 3 is 2.32 bits per heavy atom. The second-order valence-corrected chi connectivity index (χ2v) is 9.37. The molecular formula is C26H34N2O3. The van der Waals surface area contributed by atoms with Crippen LogP contribution in [0.3, 0.4) is 0 Å². The average molecular weight is 423 g/mol. The van der Waals surface area contributed by atoms with Gasteiger partial charge in [-0.2, -0.15) is 0 Å². The van der Waals surface area contributed by atoms with E-state index in [0.29, 0.717) is 39.1 Å². The van der Waals surface area contributed by atoms with E-state index in [0.717, 1.165) is 22.3 Å². The van der Waals surface area contributed by atoms with Crippen LogP contribution in [0.5, 0.6) is 0 Å². The number of ether oxygens (including phenoxy) is 1. The van der Waals surface area contributed by atoms with Crippen molar-refractivity contribution in [1.82, 2.24) is 10.2 Å². The number of carbonyl (C=O) groups excluding carboxylic acids is 2. The molecule has 2 amide bonds. The fraction of sp³-hybridized carbons (Fsp3) is 0.462. The zero-order chi connectivity index (χ0) is 22.4. The summed E-state index contributed by atoms with van der Waals surface area (Å²) in [4.78, 5) is 27.1. The largest absolute Gasteiger partial charge is 0.371 e. The molecule has 1 aliphatic heterocycles. The number of hydrogen-bond acceptors (Lipinski definition) is 3.